The fourth-order valence-electron chi connectivity index (χ4n) is 2.49. The zero-order chi connectivity index (χ0) is 14.5. The van der Waals surface area contributed by atoms with Crippen LogP contribution in [-0.2, 0) is 9.59 Å². The second kappa shape index (κ2) is 6.89. The number of carboxylic acid groups (broad SMARTS) is 1. The highest BCUT2D eigenvalue weighted by Gasteiger charge is 2.25. The molecule has 0 atom stereocenters. The van der Waals surface area contributed by atoms with Crippen molar-refractivity contribution in [1.82, 2.24) is 10.2 Å². The van der Waals surface area contributed by atoms with Crippen LogP contribution in [0.15, 0.2) is 0 Å². The Labute approximate surface area is 115 Å². The molecule has 110 valence electrons. The fourth-order valence-corrected chi connectivity index (χ4v) is 2.49. The summed E-state index contributed by atoms with van der Waals surface area (Å²) in [5, 5.41) is 11.7. The van der Waals surface area contributed by atoms with Crippen LogP contribution in [0.5, 0.6) is 0 Å². The summed E-state index contributed by atoms with van der Waals surface area (Å²) >= 11 is 0. The Bertz CT molecular complexity index is 321. The van der Waals surface area contributed by atoms with Gasteiger partial charge in [0, 0.05) is 13.0 Å². The maximum atomic E-state index is 11.8. The average Bonchev–Trinajstić information content (AvgIpc) is 2.25. The number of likely N-dealkylation sites (tertiary alicyclic amines) is 1. The van der Waals surface area contributed by atoms with Gasteiger partial charge in [0.1, 0.15) is 0 Å². The molecule has 0 aliphatic carbocycles. The molecule has 1 rings (SSSR count). The third kappa shape index (κ3) is 6.57. The van der Waals surface area contributed by atoms with Gasteiger partial charge in [-0.25, -0.2) is 0 Å². The summed E-state index contributed by atoms with van der Waals surface area (Å²) in [6.45, 7) is 6.53. The number of nitrogens with zero attached hydrogens (tertiary/aromatic N) is 1. The van der Waals surface area contributed by atoms with Crippen molar-refractivity contribution in [3.63, 3.8) is 0 Å². The van der Waals surface area contributed by atoms with E-state index < -0.39 is 11.4 Å². The SMILES string of the molecule is CN1CCC(CNC(=O)CC(C)(C)CC(=O)O)CC1. The first-order chi connectivity index (χ1) is 8.78. The fraction of sp³-hybridized carbons (Fsp3) is 0.857. The molecule has 5 heteroatoms. The number of piperidine rings is 1. The second-order valence-electron chi connectivity index (χ2n) is 6.46. The van der Waals surface area contributed by atoms with E-state index in [2.05, 4.69) is 17.3 Å². The van der Waals surface area contributed by atoms with Gasteiger partial charge in [0.25, 0.3) is 0 Å². The van der Waals surface area contributed by atoms with Crippen LogP contribution in [0.4, 0.5) is 0 Å². The minimum absolute atomic E-state index is 0.0225. The van der Waals surface area contributed by atoms with Gasteiger partial charge in [-0.1, -0.05) is 13.8 Å². The standard InChI is InChI=1S/C14H26N2O3/c1-14(2,9-13(18)19)8-12(17)15-10-11-4-6-16(3)7-5-11/h11H,4-10H2,1-3H3,(H,15,17)(H,18,19). The van der Waals surface area contributed by atoms with Crippen LogP contribution < -0.4 is 5.32 Å². The Morgan fingerprint density at radius 1 is 1.26 bits per heavy atom. The molecular weight excluding hydrogens is 244 g/mol. The first-order valence-corrected chi connectivity index (χ1v) is 6.95. The number of nitrogens with one attached hydrogen (secondary N) is 1. The molecule has 0 aromatic carbocycles. The summed E-state index contributed by atoms with van der Waals surface area (Å²) in [6, 6.07) is 0. The molecule has 0 aromatic rings. The van der Waals surface area contributed by atoms with Crippen molar-refractivity contribution in [2.75, 3.05) is 26.7 Å². The van der Waals surface area contributed by atoms with E-state index in [0.29, 0.717) is 5.92 Å². The predicted molar refractivity (Wildman–Crippen MR) is 73.9 cm³/mol. The maximum absolute atomic E-state index is 11.8. The number of aliphatic carboxylic acids is 1. The zero-order valence-corrected chi connectivity index (χ0v) is 12.2. The van der Waals surface area contributed by atoms with Crippen LogP contribution in [0.1, 0.15) is 39.5 Å². The molecule has 1 amide bonds. The summed E-state index contributed by atoms with van der Waals surface area (Å²) < 4.78 is 0. The van der Waals surface area contributed by atoms with Crippen LogP contribution in [0, 0.1) is 11.3 Å². The molecule has 5 nitrogen and oxygen atoms in total. The van der Waals surface area contributed by atoms with E-state index in [1.54, 1.807) is 0 Å². The minimum atomic E-state index is -0.854. The second-order valence-corrected chi connectivity index (χ2v) is 6.46. The number of carbonyl (C=O) groups excluding carboxylic acids is 1. The summed E-state index contributed by atoms with van der Waals surface area (Å²) in [6.07, 6.45) is 2.53. The van der Waals surface area contributed by atoms with Gasteiger partial charge in [-0.15, -0.1) is 0 Å². The third-order valence-electron chi connectivity index (χ3n) is 3.69. The molecule has 0 spiro atoms. The maximum Gasteiger partial charge on any atom is 0.303 e. The van der Waals surface area contributed by atoms with E-state index in [1.165, 1.54) is 0 Å². The van der Waals surface area contributed by atoms with Crippen LogP contribution >= 0.6 is 0 Å². The van der Waals surface area contributed by atoms with Gasteiger partial charge < -0.3 is 15.3 Å². The Morgan fingerprint density at radius 3 is 2.37 bits per heavy atom. The molecule has 1 aliphatic heterocycles. The largest absolute Gasteiger partial charge is 0.481 e. The van der Waals surface area contributed by atoms with Gasteiger partial charge in [-0.3, -0.25) is 9.59 Å². The Kier molecular flexibility index (Phi) is 5.79. The Balaban J connectivity index is 2.26. The molecule has 19 heavy (non-hydrogen) atoms. The Hall–Kier alpha value is -1.10. The summed E-state index contributed by atoms with van der Waals surface area (Å²) in [5.74, 6) is -0.332. The van der Waals surface area contributed by atoms with E-state index >= 15 is 0 Å². The lowest BCUT2D eigenvalue weighted by atomic mass is 9.85. The van der Waals surface area contributed by atoms with Crippen molar-refractivity contribution in [3.8, 4) is 0 Å². The van der Waals surface area contributed by atoms with Gasteiger partial charge in [0.2, 0.25) is 5.91 Å². The molecule has 1 aliphatic rings. The number of hydrogen-bond donors (Lipinski definition) is 2. The quantitative estimate of drug-likeness (QED) is 0.764. The number of hydrogen-bond acceptors (Lipinski definition) is 3. The van der Waals surface area contributed by atoms with Crippen molar-refractivity contribution < 1.29 is 14.7 Å². The molecule has 2 N–H and O–H groups in total. The molecule has 0 unspecified atom stereocenters. The van der Waals surface area contributed by atoms with E-state index in [4.69, 9.17) is 5.11 Å². The highest BCUT2D eigenvalue weighted by atomic mass is 16.4. The predicted octanol–water partition coefficient (Wildman–Crippen LogP) is 1.34. The van der Waals surface area contributed by atoms with Crippen molar-refractivity contribution in [2.45, 2.75) is 39.5 Å². The highest BCUT2D eigenvalue weighted by Crippen LogP contribution is 2.24. The molecule has 0 aromatic heterocycles. The number of rotatable bonds is 6. The van der Waals surface area contributed by atoms with E-state index in [1.807, 2.05) is 13.8 Å². The van der Waals surface area contributed by atoms with Crippen LogP contribution in [0.3, 0.4) is 0 Å². The number of carbonyl (C=O) groups is 2. The van der Waals surface area contributed by atoms with Crippen molar-refractivity contribution in [2.24, 2.45) is 11.3 Å². The van der Waals surface area contributed by atoms with Gasteiger partial charge in [0.15, 0.2) is 0 Å². The number of amides is 1. The minimum Gasteiger partial charge on any atom is -0.481 e. The Morgan fingerprint density at radius 2 is 1.84 bits per heavy atom. The van der Waals surface area contributed by atoms with E-state index in [9.17, 15) is 9.59 Å². The molecule has 1 fully saturated rings. The first-order valence-electron chi connectivity index (χ1n) is 6.95. The van der Waals surface area contributed by atoms with E-state index in [0.717, 1.165) is 32.5 Å². The zero-order valence-electron chi connectivity index (χ0n) is 12.2. The lowest BCUT2D eigenvalue weighted by molar-refractivity contribution is -0.139. The van der Waals surface area contributed by atoms with Gasteiger partial charge >= 0.3 is 5.97 Å². The normalized spacial score (nSPS) is 18.3. The summed E-state index contributed by atoms with van der Waals surface area (Å²) in [5.41, 5.74) is -0.483. The summed E-state index contributed by atoms with van der Waals surface area (Å²) in [4.78, 5) is 24.8. The van der Waals surface area contributed by atoms with Crippen LogP contribution in [0.2, 0.25) is 0 Å². The molecule has 1 saturated heterocycles. The summed E-state index contributed by atoms with van der Waals surface area (Å²) in [7, 11) is 2.11. The smallest absolute Gasteiger partial charge is 0.303 e. The van der Waals surface area contributed by atoms with Crippen molar-refractivity contribution in [3.05, 3.63) is 0 Å². The molecular formula is C14H26N2O3. The molecule has 1 heterocycles. The molecule has 0 bridgehead atoms. The highest BCUT2D eigenvalue weighted by molar-refractivity contribution is 5.77. The van der Waals surface area contributed by atoms with Crippen LogP contribution in [-0.4, -0.2) is 48.6 Å². The lowest BCUT2D eigenvalue weighted by Gasteiger charge is -2.29. The first kappa shape index (κ1) is 16.0. The van der Waals surface area contributed by atoms with Gasteiger partial charge in [0.05, 0.1) is 6.42 Å². The topological polar surface area (TPSA) is 69.6 Å². The average molecular weight is 270 g/mol. The lowest BCUT2D eigenvalue weighted by Crippen LogP contribution is -2.38. The van der Waals surface area contributed by atoms with Crippen LogP contribution in [0.25, 0.3) is 0 Å². The monoisotopic (exact) mass is 270 g/mol. The molecule has 0 radical (unpaired) electrons. The van der Waals surface area contributed by atoms with E-state index in [-0.39, 0.29) is 18.7 Å². The van der Waals surface area contributed by atoms with Crippen molar-refractivity contribution in [1.29, 1.82) is 0 Å². The van der Waals surface area contributed by atoms with Gasteiger partial charge in [-0.2, -0.15) is 0 Å². The third-order valence-corrected chi connectivity index (χ3v) is 3.69. The van der Waals surface area contributed by atoms with Gasteiger partial charge in [-0.05, 0) is 44.3 Å². The van der Waals surface area contributed by atoms with Crippen molar-refractivity contribution >= 4 is 11.9 Å². The molecule has 0 saturated carbocycles. The number of carboxylic acids is 1.